The summed E-state index contributed by atoms with van der Waals surface area (Å²) in [6.45, 7) is 0. The summed E-state index contributed by atoms with van der Waals surface area (Å²) < 4.78 is 0. The topological polar surface area (TPSA) is 0 Å². The second-order valence-electron chi connectivity index (χ2n) is 1.10. The SMILES string of the molecule is C#CC1=C=C=C=C1. The van der Waals surface area contributed by atoms with Crippen molar-refractivity contribution in [3.05, 3.63) is 28.8 Å². The van der Waals surface area contributed by atoms with Crippen molar-refractivity contribution in [1.29, 1.82) is 0 Å². The van der Waals surface area contributed by atoms with Gasteiger partial charge in [0.1, 0.15) is 0 Å². The highest BCUT2D eigenvalue weighted by atomic mass is 13.8. The fourth-order valence-corrected chi connectivity index (χ4v) is 0.326. The van der Waals surface area contributed by atoms with Crippen LogP contribution in [-0.2, 0) is 0 Å². The van der Waals surface area contributed by atoms with E-state index in [-0.39, 0.29) is 0 Å². The van der Waals surface area contributed by atoms with Crippen LogP contribution in [0.2, 0.25) is 0 Å². The summed E-state index contributed by atoms with van der Waals surface area (Å²) in [5.41, 5.74) is 8.64. The van der Waals surface area contributed by atoms with E-state index >= 15 is 0 Å². The van der Waals surface area contributed by atoms with Crippen LogP contribution in [0.4, 0.5) is 0 Å². The van der Waals surface area contributed by atoms with Crippen molar-refractivity contribution in [1.82, 2.24) is 0 Å². The molecule has 0 radical (unpaired) electrons. The van der Waals surface area contributed by atoms with Gasteiger partial charge in [-0.05, 0) is 11.5 Å². The molecule has 0 fully saturated rings. The lowest BCUT2D eigenvalue weighted by Gasteiger charge is -1.67. The molecule has 0 aromatic carbocycles. The molecule has 0 bridgehead atoms. The average Bonchev–Trinajstić information content (AvgIpc) is 2.14. The van der Waals surface area contributed by atoms with E-state index in [0.29, 0.717) is 0 Å². The van der Waals surface area contributed by atoms with Crippen molar-refractivity contribution in [2.75, 3.05) is 0 Å². The summed E-state index contributed by atoms with van der Waals surface area (Å²) in [5, 5.41) is 0. The van der Waals surface area contributed by atoms with Crippen molar-refractivity contribution in [2.45, 2.75) is 0 Å². The first-order chi connectivity index (χ1) is 3.43. The molecule has 0 spiro atoms. The molecule has 1 aliphatic carbocycles. The highest BCUT2D eigenvalue weighted by Crippen LogP contribution is 1.91. The van der Waals surface area contributed by atoms with E-state index in [1.807, 2.05) is 0 Å². The molecule has 0 atom stereocenters. The third-order valence-corrected chi connectivity index (χ3v) is 0.641. The quantitative estimate of drug-likeness (QED) is 0.305. The Morgan fingerprint density at radius 2 is 2.57 bits per heavy atom. The van der Waals surface area contributed by atoms with Crippen LogP contribution >= 0.6 is 0 Å². The molecule has 0 aromatic heterocycles. The lowest BCUT2D eigenvalue weighted by molar-refractivity contribution is 1.89. The number of terminal acetylenes is 1. The molecule has 0 aromatic rings. The van der Waals surface area contributed by atoms with E-state index in [9.17, 15) is 0 Å². The Balaban J connectivity index is 3.15. The number of allylic oxidation sites excluding steroid dienone is 2. The zero-order valence-electron chi connectivity index (χ0n) is 3.65. The Morgan fingerprint density at radius 3 is 2.86 bits per heavy atom. The van der Waals surface area contributed by atoms with Crippen molar-refractivity contribution < 1.29 is 0 Å². The Kier molecular flexibility index (Phi) is 0.760. The fraction of sp³-hybridized carbons (Fsp3) is 0. The minimum atomic E-state index is 0.722. The van der Waals surface area contributed by atoms with Gasteiger partial charge in [-0.2, -0.15) is 0 Å². The summed E-state index contributed by atoms with van der Waals surface area (Å²) in [5.74, 6) is 2.39. The molecular formula is C7H2. The van der Waals surface area contributed by atoms with Crippen LogP contribution in [0.3, 0.4) is 0 Å². The number of hydrogen-bond acceptors (Lipinski definition) is 0. The summed E-state index contributed by atoms with van der Waals surface area (Å²) >= 11 is 0. The van der Waals surface area contributed by atoms with E-state index in [0.717, 1.165) is 5.57 Å². The molecule has 0 heteroatoms. The summed E-state index contributed by atoms with van der Waals surface area (Å²) in [6, 6.07) is 0. The second kappa shape index (κ2) is 1.39. The lowest BCUT2D eigenvalue weighted by atomic mass is 10.3. The Labute approximate surface area is 42.2 Å². The molecule has 0 nitrogen and oxygen atoms in total. The summed E-state index contributed by atoms with van der Waals surface area (Å²) in [4.78, 5) is 0. The first-order valence-corrected chi connectivity index (χ1v) is 1.87. The molecule has 7 heavy (non-hydrogen) atoms. The molecule has 0 N–H and O–H groups in total. The molecular weight excluding hydrogens is 84.1 g/mol. The monoisotopic (exact) mass is 86.0 g/mol. The van der Waals surface area contributed by atoms with Crippen LogP contribution in [0.15, 0.2) is 28.8 Å². The van der Waals surface area contributed by atoms with Gasteiger partial charge in [0.2, 0.25) is 0 Å². The number of rotatable bonds is 0. The van der Waals surface area contributed by atoms with Gasteiger partial charge in [-0.25, -0.2) is 0 Å². The molecule has 0 unspecified atom stereocenters. The Morgan fingerprint density at radius 1 is 1.71 bits per heavy atom. The van der Waals surface area contributed by atoms with Crippen molar-refractivity contribution in [3.63, 3.8) is 0 Å². The van der Waals surface area contributed by atoms with E-state index in [1.54, 1.807) is 6.08 Å². The van der Waals surface area contributed by atoms with Crippen LogP contribution in [0.5, 0.6) is 0 Å². The van der Waals surface area contributed by atoms with Crippen LogP contribution < -0.4 is 0 Å². The third-order valence-electron chi connectivity index (χ3n) is 0.641. The van der Waals surface area contributed by atoms with Crippen molar-refractivity contribution in [3.8, 4) is 12.3 Å². The fourth-order valence-electron chi connectivity index (χ4n) is 0.326. The van der Waals surface area contributed by atoms with Gasteiger partial charge in [0.05, 0.1) is 5.57 Å². The van der Waals surface area contributed by atoms with Gasteiger partial charge < -0.3 is 0 Å². The van der Waals surface area contributed by atoms with E-state index in [1.165, 1.54) is 0 Å². The van der Waals surface area contributed by atoms with Gasteiger partial charge in [0.25, 0.3) is 0 Å². The van der Waals surface area contributed by atoms with E-state index in [4.69, 9.17) is 6.42 Å². The molecule has 30 valence electrons. The average molecular weight is 86.1 g/mol. The van der Waals surface area contributed by atoms with Crippen molar-refractivity contribution in [2.24, 2.45) is 0 Å². The molecule has 1 aliphatic rings. The van der Waals surface area contributed by atoms with Crippen molar-refractivity contribution >= 4 is 0 Å². The molecule has 0 amide bonds. The molecule has 0 aliphatic heterocycles. The molecule has 1 rings (SSSR count). The van der Waals surface area contributed by atoms with Gasteiger partial charge in [-0.15, -0.1) is 6.42 Å². The lowest BCUT2D eigenvalue weighted by Crippen LogP contribution is -1.57. The van der Waals surface area contributed by atoms with E-state index < -0.39 is 0 Å². The highest BCUT2D eigenvalue weighted by Gasteiger charge is 1.79. The van der Waals surface area contributed by atoms with Crippen LogP contribution in [-0.4, -0.2) is 0 Å². The van der Waals surface area contributed by atoms with Gasteiger partial charge in [0.15, 0.2) is 0 Å². The summed E-state index contributed by atoms with van der Waals surface area (Å²) in [6.07, 6.45) is 6.64. The minimum absolute atomic E-state index is 0.722. The third kappa shape index (κ3) is 0.554. The summed E-state index contributed by atoms with van der Waals surface area (Å²) in [7, 11) is 0. The normalized spacial score (nSPS) is 11.6. The predicted molar refractivity (Wildman–Crippen MR) is 27.5 cm³/mol. The maximum atomic E-state index is 4.97. The highest BCUT2D eigenvalue weighted by molar-refractivity contribution is 5.37. The number of hydrogen-bond donors (Lipinski definition) is 0. The zero-order valence-corrected chi connectivity index (χ0v) is 3.65. The largest absolute Gasteiger partial charge is 0.114 e. The van der Waals surface area contributed by atoms with E-state index in [2.05, 4.69) is 23.1 Å². The standard InChI is InChI=1S/C7H2/c1-2-7-5-3-4-6-7/h1,5H. The van der Waals surface area contributed by atoms with Gasteiger partial charge >= 0.3 is 0 Å². The maximum Gasteiger partial charge on any atom is 0.0835 e. The Bertz CT molecular complexity index is 242. The van der Waals surface area contributed by atoms with Crippen LogP contribution in [0.25, 0.3) is 0 Å². The van der Waals surface area contributed by atoms with Crippen LogP contribution in [0.1, 0.15) is 0 Å². The first-order valence-electron chi connectivity index (χ1n) is 1.87. The zero-order chi connectivity index (χ0) is 5.11. The van der Waals surface area contributed by atoms with Gasteiger partial charge in [-0.1, -0.05) is 11.7 Å². The first kappa shape index (κ1) is 3.82. The van der Waals surface area contributed by atoms with Crippen LogP contribution in [0, 0.1) is 12.3 Å². The predicted octanol–water partition coefficient (Wildman–Crippen LogP) is 1.02. The molecule has 0 saturated heterocycles. The van der Waals surface area contributed by atoms with Gasteiger partial charge in [0, 0.05) is 6.08 Å². The Hall–Kier alpha value is -1.36. The smallest absolute Gasteiger partial charge is 0.0835 e. The second-order valence-corrected chi connectivity index (χ2v) is 1.10. The molecule has 0 saturated carbocycles. The molecule has 0 heterocycles. The minimum Gasteiger partial charge on any atom is -0.114 e. The van der Waals surface area contributed by atoms with Gasteiger partial charge in [-0.3, -0.25) is 0 Å². The maximum absolute atomic E-state index is 4.97.